The van der Waals surface area contributed by atoms with Gasteiger partial charge in [0.1, 0.15) is 5.82 Å². The van der Waals surface area contributed by atoms with Gasteiger partial charge in [0.15, 0.2) is 0 Å². The first-order valence-electron chi connectivity index (χ1n) is 11.6. The van der Waals surface area contributed by atoms with E-state index in [0.29, 0.717) is 29.7 Å². The lowest BCUT2D eigenvalue weighted by Crippen LogP contribution is -2.41. The zero-order chi connectivity index (χ0) is 23.1. The largest absolute Gasteiger partial charge is 0.322 e. The Labute approximate surface area is 190 Å². The third-order valence-electron chi connectivity index (χ3n) is 5.98. The van der Waals surface area contributed by atoms with Crippen LogP contribution >= 0.6 is 0 Å². The Morgan fingerprint density at radius 2 is 1.78 bits per heavy atom. The number of unbranched alkanes of at least 4 members (excludes halogenated alkanes) is 3. The van der Waals surface area contributed by atoms with E-state index in [0.717, 1.165) is 36.9 Å². The van der Waals surface area contributed by atoms with Gasteiger partial charge in [0.25, 0.3) is 5.56 Å². The predicted octanol–water partition coefficient (Wildman–Crippen LogP) is 5.81. The number of urea groups is 1. The Morgan fingerprint density at radius 1 is 1.06 bits per heavy atom. The molecule has 0 spiro atoms. The van der Waals surface area contributed by atoms with Crippen LogP contribution in [0.5, 0.6) is 0 Å². The summed E-state index contributed by atoms with van der Waals surface area (Å²) < 4.78 is 1.59. The van der Waals surface area contributed by atoms with Crippen LogP contribution in [0.25, 0.3) is 10.9 Å². The second kappa shape index (κ2) is 10.9. The Hall–Kier alpha value is -3.15. The number of hydrogen-bond acceptors (Lipinski definition) is 3. The van der Waals surface area contributed by atoms with E-state index < -0.39 is 0 Å². The number of aryl methyl sites for hydroxylation is 1. The second-order valence-corrected chi connectivity index (χ2v) is 8.27. The average molecular weight is 435 g/mol. The SMILES string of the molecule is CCCCCCN(C(=O)Nc1ccccc1C)C(CC)c1nc2ccccc2c(=O)n1C. The van der Waals surface area contributed by atoms with Gasteiger partial charge in [0.2, 0.25) is 0 Å². The van der Waals surface area contributed by atoms with Crippen LogP contribution in [0.15, 0.2) is 53.3 Å². The molecule has 0 saturated carbocycles. The number of carbonyl (C=O) groups excluding carboxylic acids is 1. The first kappa shape index (κ1) is 23.5. The van der Waals surface area contributed by atoms with Crippen molar-refractivity contribution >= 4 is 22.6 Å². The van der Waals surface area contributed by atoms with E-state index in [4.69, 9.17) is 4.98 Å². The molecule has 0 aliphatic heterocycles. The molecule has 0 bridgehead atoms. The van der Waals surface area contributed by atoms with Gasteiger partial charge in [-0.3, -0.25) is 9.36 Å². The molecule has 0 aliphatic rings. The summed E-state index contributed by atoms with van der Waals surface area (Å²) in [6, 6.07) is 14.7. The van der Waals surface area contributed by atoms with Crippen LogP contribution in [-0.2, 0) is 7.05 Å². The topological polar surface area (TPSA) is 67.2 Å². The number of benzene rings is 2. The molecule has 1 unspecified atom stereocenters. The van der Waals surface area contributed by atoms with E-state index >= 15 is 0 Å². The summed E-state index contributed by atoms with van der Waals surface area (Å²) in [7, 11) is 1.74. The number of amides is 2. The molecule has 170 valence electrons. The summed E-state index contributed by atoms with van der Waals surface area (Å²) in [5.74, 6) is 0.617. The van der Waals surface area contributed by atoms with Crippen molar-refractivity contribution in [3.05, 3.63) is 70.3 Å². The number of aromatic nitrogens is 2. The molecule has 1 heterocycles. The number of anilines is 1. The van der Waals surface area contributed by atoms with Gasteiger partial charge < -0.3 is 10.2 Å². The molecule has 32 heavy (non-hydrogen) atoms. The lowest BCUT2D eigenvalue weighted by atomic mass is 10.1. The zero-order valence-electron chi connectivity index (χ0n) is 19.6. The number of hydrogen-bond donors (Lipinski definition) is 1. The minimum Gasteiger partial charge on any atom is -0.314 e. The Kier molecular flexibility index (Phi) is 8.03. The van der Waals surface area contributed by atoms with Gasteiger partial charge in [0, 0.05) is 19.3 Å². The van der Waals surface area contributed by atoms with Gasteiger partial charge in [-0.1, -0.05) is 63.4 Å². The first-order valence-corrected chi connectivity index (χ1v) is 11.6. The fourth-order valence-corrected chi connectivity index (χ4v) is 4.08. The second-order valence-electron chi connectivity index (χ2n) is 8.27. The van der Waals surface area contributed by atoms with Crippen molar-refractivity contribution in [2.24, 2.45) is 7.05 Å². The third-order valence-corrected chi connectivity index (χ3v) is 5.98. The third kappa shape index (κ3) is 5.18. The fourth-order valence-electron chi connectivity index (χ4n) is 4.08. The van der Waals surface area contributed by atoms with Crippen LogP contribution in [0.3, 0.4) is 0 Å². The van der Waals surface area contributed by atoms with E-state index in [2.05, 4.69) is 12.2 Å². The van der Waals surface area contributed by atoms with Crippen molar-refractivity contribution in [3.63, 3.8) is 0 Å². The number of carbonyl (C=O) groups is 1. The maximum Gasteiger partial charge on any atom is 0.322 e. The highest BCUT2D eigenvalue weighted by atomic mass is 16.2. The molecule has 1 aromatic heterocycles. The fraction of sp³-hybridized carbons (Fsp3) is 0.423. The molecule has 1 atom stereocenters. The monoisotopic (exact) mass is 434 g/mol. The van der Waals surface area contributed by atoms with Crippen molar-refractivity contribution in [2.75, 3.05) is 11.9 Å². The molecule has 0 aliphatic carbocycles. The number of nitrogens with zero attached hydrogens (tertiary/aromatic N) is 3. The zero-order valence-corrected chi connectivity index (χ0v) is 19.6. The molecule has 0 fully saturated rings. The van der Waals surface area contributed by atoms with E-state index in [1.165, 1.54) is 0 Å². The summed E-state index contributed by atoms with van der Waals surface area (Å²) in [6.45, 7) is 6.80. The highest BCUT2D eigenvalue weighted by Crippen LogP contribution is 2.25. The van der Waals surface area contributed by atoms with Crippen LogP contribution in [0, 0.1) is 6.92 Å². The minimum atomic E-state index is -0.303. The quantitative estimate of drug-likeness (QED) is 0.432. The maximum atomic E-state index is 13.5. The van der Waals surface area contributed by atoms with E-state index in [-0.39, 0.29) is 17.6 Å². The molecule has 0 radical (unpaired) electrons. The predicted molar refractivity (Wildman–Crippen MR) is 131 cm³/mol. The van der Waals surface area contributed by atoms with E-state index in [9.17, 15) is 9.59 Å². The van der Waals surface area contributed by atoms with Crippen LogP contribution in [0.1, 0.15) is 63.4 Å². The number of rotatable bonds is 9. The molecule has 3 rings (SSSR count). The van der Waals surface area contributed by atoms with Crippen molar-refractivity contribution in [1.29, 1.82) is 0 Å². The van der Waals surface area contributed by atoms with Gasteiger partial charge in [-0.25, -0.2) is 9.78 Å². The van der Waals surface area contributed by atoms with Gasteiger partial charge in [-0.05, 0) is 43.5 Å². The number of nitrogens with one attached hydrogen (secondary N) is 1. The van der Waals surface area contributed by atoms with Crippen LogP contribution in [0.4, 0.5) is 10.5 Å². The summed E-state index contributed by atoms with van der Waals surface area (Å²) in [5, 5.41) is 3.67. The standard InChI is InChI=1S/C26H34N4O2/c1-5-7-8-13-18-30(26(32)28-21-16-11-9-14-19(21)3)23(6-2)24-27-22-17-12-10-15-20(22)25(31)29(24)4/h9-12,14-17,23H,5-8,13,18H2,1-4H3,(H,28,32). The lowest BCUT2D eigenvalue weighted by molar-refractivity contribution is 0.178. The van der Waals surface area contributed by atoms with Crippen LogP contribution in [-0.4, -0.2) is 27.0 Å². The van der Waals surface area contributed by atoms with Crippen molar-refractivity contribution in [3.8, 4) is 0 Å². The first-order chi connectivity index (χ1) is 15.5. The summed E-state index contributed by atoms with van der Waals surface area (Å²) >= 11 is 0. The van der Waals surface area contributed by atoms with Crippen LogP contribution in [0.2, 0.25) is 0 Å². The highest BCUT2D eigenvalue weighted by Gasteiger charge is 2.27. The molecule has 2 aromatic carbocycles. The molecule has 2 amide bonds. The maximum absolute atomic E-state index is 13.5. The Bertz CT molecular complexity index is 1120. The van der Waals surface area contributed by atoms with Gasteiger partial charge in [0.05, 0.1) is 16.9 Å². The molecular weight excluding hydrogens is 400 g/mol. The summed E-state index contributed by atoms with van der Waals surface area (Å²) in [6.07, 6.45) is 4.90. The van der Waals surface area contributed by atoms with E-state index in [1.807, 2.05) is 61.2 Å². The molecule has 6 heteroatoms. The van der Waals surface area contributed by atoms with E-state index in [1.54, 1.807) is 17.7 Å². The minimum absolute atomic E-state index is 0.0886. The number of para-hydroxylation sites is 2. The molecular formula is C26H34N4O2. The average Bonchev–Trinajstić information content (AvgIpc) is 2.80. The Balaban J connectivity index is 1.98. The molecule has 3 aromatic rings. The van der Waals surface area contributed by atoms with Crippen molar-refractivity contribution in [2.45, 2.75) is 58.9 Å². The summed E-state index contributed by atoms with van der Waals surface area (Å²) in [4.78, 5) is 33.1. The molecule has 6 nitrogen and oxygen atoms in total. The molecule has 1 N–H and O–H groups in total. The normalized spacial score (nSPS) is 12.0. The lowest BCUT2D eigenvalue weighted by Gasteiger charge is -2.32. The number of fused-ring (bicyclic) bond motifs is 1. The van der Waals surface area contributed by atoms with Crippen LogP contribution < -0.4 is 10.9 Å². The van der Waals surface area contributed by atoms with Crippen molar-refractivity contribution in [1.82, 2.24) is 14.5 Å². The van der Waals surface area contributed by atoms with Gasteiger partial charge in [-0.15, -0.1) is 0 Å². The van der Waals surface area contributed by atoms with Gasteiger partial charge in [-0.2, -0.15) is 0 Å². The van der Waals surface area contributed by atoms with Gasteiger partial charge >= 0.3 is 6.03 Å². The van der Waals surface area contributed by atoms with Crippen molar-refractivity contribution < 1.29 is 4.79 Å². The molecule has 0 saturated heterocycles. The smallest absolute Gasteiger partial charge is 0.314 e. The Morgan fingerprint density at radius 3 is 2.50 bits per heavy atom. The highest BCUT2D eigenvalue weighted by molar-refractivity contribution is 5.90. The summed E-state index contributed by atoms with van der Waals surface area (Å²) in [5.41, 5.74) is 2.38.